The third-order valence-corrected chi connectivity index (χ3v) is 5.29. The van der Waals surface area contributed by atoms with Crippen LogP contribution in [0, 0.1) is 12.8 Å². The minimum atomic E-state index is -0.0639. The van der Waals surface area contributed by atoms with Crippen LogP contribution in [-0.4, -0.2) is 34.2 Å². The Bertz CT molecular complexity index is 972. The van der Waals surface area contributed by atoms with Crippen molar-refractivity contribution in [3.8, 4) is 11.5 Å². The van der Waals surface area contributed by atoms with E-state index in [1.165, 1.54) is 0 Å². The number of rotatable bonds is 5. The van der Waals surface area contributed by atoms with E-state index in [1.807, 2.05) is 49.4 Å². The van der Waals surface area contributed by atoms with Crippen LogP contribution in [0.2, 0.25) is 0 Å². The maximum atomic E-state index is 12.9. The molecule has 150 valence electrons. The van der Waals surface area contributed by atoms with Crippen molar-refractivity contribution in [1.29, 1.82) is 0 Å². The van der Waals surface area contributed by atoms with E-state index in [9.17, 15) is 4.79 Å². The highest BCUT2D eigenvalue weighted by Gasteiger charge is 2.27. The van der Waals surface area contributed by atoms with Crippen molar-refractivity contribution in [3.05, 3.63) is 60.1 Å². The number of amides is 1. The maximum absolute atomic E-state index is 12.9. The van der Waals surface area contributed by atoms with Gasteiger partial charge in [-0.1, -0.05) is 30.3 Å². The molecule has 2 unspecified atom stereocenters. The highest BCUT2D eigenvalue weighted by Crippen LogP contribution is 2.26. The zero-order chi connectivity index (χ0) is 20.2. The van der Waals surface area contributed by atoms with Gasteiger partial charge in [-0.3, -0.25) is 4.79 Å². The Hall–Kier alpha value is -3.22. The van der Waals surface area contributed by atoms with Gasteiger partial charge in [0.2, 0.25) is 17.7 Å². The number of piperidine rings is 1. The molecule has 1 saturated heterocycles. The minimum absolute atomic E-state index is 0.0127. The maximum Gasteiger partial charge on any atom is 0.247 e. The lowest BCUT2D eigenvalue weighted by molar-refractivity contribution is -0.125. The summed E-state index contributed by atoms with van der Waals surface area (Å²) in [6.45, 7) is 5.30. The number of pyridine rings is 1. The van der Waals surface area contributed by atoms with Gasteiger partial charge in [0.05, 0.1) is 12.0 Å². The predicted octanol–water partition coefficient (Wildman–Crippen LogP) is 3.53. The number of aromatic nitrogens is 3. The second kappa shape index (κ2) is 8.43. The first-order valence-electron chi connectivity index (χ1n) is 9.97. The lowest BCUT2D eigenvalue weighted by Gasteiger charge is -2.33. The van der Waals surface area contributed by atoms with Gasteiger partial charge in [-0.25, -0.2) is 4.98 Å². The molecule has 3 aromatic rings. The Morgan fingerprint density at radius 1 is 1.24 bits per heavy atom. The van der Waals surface area contributed by atoms with E-state index < -0.39 is 0 Å². The number of nitrogens with zero attached hydrogens (tertiary/aromatic N) is 4. The van der Waals surface area contributed by atoms with Crippen LogP contribution in [0.15, 0.2) is 53.1 Å². The van der Waals surface area contributed by atoms with Gasteiger partial charge >= 0.3 is 0 Å². The van der Waals surface area contributed by atoms with Gasteiger partial charge in [0.15, 0.2) is 0 Å². The van der Waals surface area contributed by atoms with E-state index in [1.54, 1.807) is 13.1 Å². The molecule has 3 heterocycles. The molecule has 0 aliphatic carbocycles. The lowest BCUT2D eigenvalue weighted by Crippen LogP contribution is -2.44. The predicted molar refractivity (Wildman–Crippen MR) is 110 cm³/mol. The average molecular weight is 391 g/mol. The molecule has 0 saturated carbocycles. The van der Waals surface area contributed by atoms with Crippen molar-refractivity contribution in [1.82, 2.24) is 20.5 Å². The van der Waals surface area contributed by atoms with Crippen molar-refractivity contribution in [2.45, 2.75) is 32.7 Å². The molecule has 2 aromatic heterocycles. The molecular weight excluding hydrogens is 366 g/mol. The number of nitrogens with one attached hydrogen (secondary N) is 1. The summed E-state index contributed by atoms with van der Waals surface area (Å²) in [7, 11) is 0. The van der Waals surface area contributed by atoms with Crippen molar-refractivity contribution in [2.24, 2.45) is 5.92 Å². The smallest absolute Gasteiger partial charge is 0.247 e. The number of carbonyl (C=O) groups is 1. The molecule has 7 heteroatoms. The zero-order valence-corrected chi connectivity index (χ0v) is 16.7. The molecule has 0 spiro atoms. The molecule has 4 rings (SSSR count). The number of benzene rings is 1. The molecule has 1 aliphatic rings. The molecule has 0 radical (unpaired) electrons. The summed E-state index contributed by atoms with van der Waals surface area (Å²) in [5.41, 5.74) is 1.94. The monoisotopic (exact) mass is 391 g/mol. The van der Waals surface area contributed by atoms with Crippen molar-refractivity contribution in [3.63, 3.8) is 0 Å². The number of carbonyl (C=O) groups excluding carboxylic acids is 1. The Morgan fingerprint density at radius 2 is 2.07 bits per heavy atom. The molecule has 1 aliphatic heterocycles. The number of hydrogen-bond acceptors (Lipinski definition) is 6. The molecule has 2 atom stereocenters. The fourth-order valence-corrected chi connectivity index (χ4v) is 3.69. The molecule has 29 heavy (non-hydrogen) atoms. The second-order valence-electron chi connectivity index (χ2n) is 7.46. The van der Waals surface area contributed by atoms with Crippen molar-refractivity contribution in [2.75, 3.05) is 18.0 Å². The molecule has 7 nitrogen and oxygen atoms in total. The molecule has 1 fully saturated rings. The number of hydrogen-bond donors (Lipinski definition) is 1. The highest BCUT2D eigenvalue weighted by atomic mass is 16.4. The van der Waals surface area contributed by atoms with Crippen LogP contribution in [0.4, 0.5) is 5.82 Å². The lowest BCUT2D eigenvalue weighted by atomic mass is 9.96. The van der Waals surface area contributed by atoms with Crippen LogP contribution >= 0.6 is 0 Å². The van der Waals surface area contributed by atoms with Gasteiger partial charge in [-0.2, -0.15) is 0 Å². The Labute approximate surface area is 170 Å². The topological polar surface area (TPSA) is 84.2 Å². The van der Waals surface area contributed by atoms with Crippen LogP contribution in [0.5, 0.6) is 0 Å². The van der Waals surface area contributed by atoms with E-state index in [0.29, 0.717) is 18.3 Å². The van der Waals surface area contributed by atoms with Crippen LogP contribution in [-0.2, 0) is 4.79 Å². The fourth-order valence-electron chi connectivity index (χ4n) is 3.69. The SMILES string of the molecule is Cc1nnc(-c2ccnc(N3CCCC(C(=O)NC(C)c4ccccc4)C3)c2)o1. The van der Waals surface area contributed by atoms with Crippen molar-refractivity contribution >= 4 is 11.7 Å². The third kappa shape index (κ3) is 4.45. The molecule has 0 bridgehead atoms. The first-order chi connectivity index (χ1) is 14.1. The Balaban J connectivity index is 1.44. The first-order valence-corrected chi connectivity index (χ1v) is 9.97. The van der Waals surface area contributed by atoms with E-state index in [0.717, 1.165) is 36.3 Å². The highest BCUT2D eigenvalue weighted by molar-refractivity contribution is 5.80. The van der Waals surface area contributed by atoms with Gasteiger partial charge in [-0.05, 0) is 37.5 Å². The largest absolute Gasteiger partial charge is 0.421 e. The molecule has 1 amide bonds. The second-order valence-corrected chi connectivity index (χ2v) is 7.46. The summed E-state index contributed by atoms with van der Waals surface area (Å²) in [5, 5.41) is 11.1. The zero-order valence-electron chi connectivity index (χ0n) is 16.7. The summed E-state index contributed by atoms with van der Waals surface area (Å²) in [6.07, 6.45) is 3.57. The van der Waals surface area contributed by atoms with Crippen LogP contribution in [0.3, 0.4) is 0 Å². The Kier molecular flexibility index (Phi) is 5.55. The molecule has 1 aromatic carbocycles. The summed E-state index contributed by atoms with van der Waals surface area (Å²) in [6, 6.07) is 13.8. The van der Waals surface area contributed by atoms with Gasteiger partial charge in [0.25, 0.3) is 0 Å². The summed E-state index contributed by atoms with van der Waals surface area (Å²) >= 11 is 0. The minimum Gasteiger partial charge on any atom is -0.421 e. The van der Waals surface area contributed by atoms with Gasteiger partial charge in [0.1, 0.15) is 5.82 Å². The van der Waals surface area contributed by atoms with E-state index in [-0.39, 0.29) is 17.9 Å². The van der Waals surface area contributed by atoms with E-state index >= 15 is 0 Å². The molecular formula is C22H25N5O2. The van der Waals surface area contributed by atoms with E-state index in [2.05, 4.69) is 25.4 Å². The summed E-state index contributed by atoms with van der Waals surface area (Å²) in [4.78, 5) is 19.5. The van der Waals surface area contributed by atoms with Crippen LogP contribution < -0.4 is 10.2 Å². The van der Waals surface area contributed by atoms with E-state index in [4.69, 9.17) is 4.42 Å². The van der Waals surface area contributed by atoms with Crippen LogP contribution in [0.1, 0.15) is 37.3 Å². The average Bonchev–Trinajstić information content (AvgIpc) is 3.21. The quantitative estimate of drug-likeness (QED) is 0.716. The molecule has 1 N–H and O–H groups in total. The fraction of sp³-hybridized carbons (Fsp3) is 0.364. The summed E-state index contributed by atoms with van der Waals surface area (Å²) in [5.74, 6) is 1.86. The normalized spacial score (nSPS) is 17.7. The standard InChI is InChI=1S/C22H25N5O2/c1-15(17-7-4-3-5-8-17)24-21(28)19-9-6-12-27(14-19)20-13-18(10-11-23-20)22-26-25-16(2)29-22/h3-5,7-8,10-11,13,15,19H,6,9,12,14H2,1-2H3,(H,24,28). The third-order valence-electron chi connectivity index (χ3n) is 5.29. The number of anilines is 1. The van der Waals surface area contributed by atoms with Crippen LogP contribution in [0.25, 0.3) is 11.5 Å². The first kappa shape index (κ1) is 19.1. The number of aryl methyl sites for hydroxylation is 1. The van der Waals surface area contributed by atoms with Gasteiger partial charge in [-0.15, -0.1) is 10.2 Å². The summed E-state index contributed by atoms with van der Waals surface area (Å²) < 4.78 is 5.52. The Morgan fingerprint density at radius 3 is 2.83 bits per heavy atom. The van der Waals surface area contributed by atoms with Crippen molar-refractivity contribution < 1.29 is 9.21 Å². The van der Waals surface area contributed by atoms with Gasteiger partial charge < -0.3 is 14.6 Å². The van der Waals surface area contributed by atoms with Gasteiger partial charge in [0, 0.05) is 31.8 Å².